The Bertz CT molecular complexity index is 1570. The second-order valence-electron chi connectivity index (χ2n) is 11.9. The summed E-state index contributed by atoms with van der Waals surface area (Å²) in [6, 6.07) is 32.5. The molecule has 5 rings (SSSR count). The van der Waals surface area contributed by atoms with E-state index in [9.17, 15) is 19.5 Å². The Labute approximate surface area is 271 Å². The third-order valence-corrected chi connectivity index (χ3v) is 8.52. The first-order chi connectivity index (χ1) is 22.5. The number of benzene rings is 4. The van der Waals surface area contributed by atoms with Gasteiger partial charge < -0.3 is 20.1 Å². The number of ketones is 1. The molecular formula is C39H42N2O5. The SMILES string of the molecule is O=C(c1ccccc1)c1ccccc1N[C@@H](Cc1ccc(OCCCN(Cc2ccccc2)C(=O)C2CCCCC2)cc1)C(=O)O. The number of ether oxygens (including phenoxy) is 1. The minimum absolute atomic E-state index is 0.118. The van der Waals surface area contributed by atoms with Crippen LogP contribution in [0, 0.1) is 5.92 Å². The summed E-state index contributed by atoms with van der Waals surface area (Å²) in [5.41, 5.74) is 3.40. The molecular weight excluding hydrogens is 576 g/mol. The van der Waals surface area contributed by atoms with E-state index in [1.54, 1.807) is 48.5 Å². The van der Waals surface area contributed by atoms with Gasteiger partial charge in [-0.2, -0.15) is 0 Å². The number of amides is 1. The fraction of sp³-hybridized carbons (Fsp3) is 0.308. The molecule has 1 aliphatic carbocycles. The molecule has 1 fully saturated rings. The van der Waals surface area contributed by atoms with Crippen LogP contribution in [0.5, 0.6) is 5.75 Å². The molecule has 0 heterocycles. The van der Waals surface area contributed by atoms with Crippen LogP contribution in [-0.4, -0.2) is 46.9 Å². The maximum atomic E-state index is 13.4. The lowest BCUT2D eigenvalue weighted by atomic mass is 9.88. The van der Waals surface area contributed by atoms with Gasteiger partial charge in [-0.25, -0.2) is 4.79 Å². The lowest BCUT2D eigenvalue weighted by Gasteiger charge is -2.29. The summed E-state index contributed by atoms with van der Waals surface area (Å²) in [6.07, 6.45) is 6.35. The molecule has 238 valence electrons. The van der Waals surface area contributed by atoms with E-state index in [4.69, 9.17) is 4.74 Å². The highest BCUT2D eigenvalue weighted by molar-refractivity contribution is 6.12. The number of rotatable bonds is 15. The van der Waals surface area contributed by atoms with E-state index < -0.39 is 12.0 Å². The van der Waals surface area contributed by atoms with E-state index in [2.05, 4.69) is 17.4 Å². The number of nitrogens with zero attached hydrogens (tertiary/aromatic N) is 1. The van der Waals surface area contributed by atoms with E-state index in [0.29, 0.717) is 48.7 Å². The first-order valence-electron chi connectivity index (χ1n) is 16.2. The van der Waals surface area contributed by atoms with Crippen molar-refractivity contribution in [1.82, 2.24) is 4.90 Å². The number of carboxylic acids is 1. The van der Waals surface area contributed by atoms with Crippen LogP contribution in [-0.2, 0) is 22.6 Å². The molecule has 0 saturated heterocycles. The molecule has 4 aromatic carbocycles. The molecule has 0 radical (unpaired) electrons. The average Bonchev–Trinajstić information content (AvgIpc) is 3.10. The van der Waals surface area contributed by atoms with Gasteiger partial charge in [0.05, 0.1) is 6.61 Å². The lowest BCUT2D eigenvalue weighted by molar-refractivity contribution is -0.138. The van der Waals surface area contributed by atoms with Crippen LogP contribution in [0.3, 0.4) is 0 Å². The molecule has 46 heavy (non-hydrogen) atoms. The second-order valence-corrected chi connectivity index (χ2v) is 11.9. The Balaban J connectivity index is 1.15. The number of para-hydroxylation sites is 1. The third kappa shape index (κ3) is 9.07. The number of carbonyl (C=O) groups is 3. The number of aliphatic carboxylic acids is 1. The average molecular weight is 619 g/mol. The highest BCUT2D eigenvalue weighted by Crippen LogP contribution is 2.26. The van der Waals surface area contributed by atoms with Crippen molar-refractivity contribution >= 4 is 23.3 Å². The van der Waals surface area contributed by atoms with Gasteiger partial charge in [0.25, 0.3) is 0 Å². The molecule has 1 atom stereocenters. The van der Waals surface area contributed by atoms with Gasteiger partial charge in [0.1, 0.15) is 11.8 Å². The molecule has 1 aliphatic rings. The maximum absolute atomic E-state index is 13.4. The highest BCUT2D eigenvalue weighted by atomic mass is 16.5. The van der Waals surface area contributed by atoms with Crippen LogP contribution in [0.1, 0.15) is 65.6 Å². The Morgan fingerprint density at radius 3 is 2.13 bits per heavy atom. The number of nitrogens with one attached hydrogen (secondary N) is 1. The Hall–Kier alpha value is -4.91. The van der Waals surface area contributed by atoms with Crippen LogP contribution in [0.25, 0.3) is 0 Å². The van der Waals surface area contributed by atoms with E-state index in [1.165, 1.54) is 6.42 Å². The van der Waals surface area contributed by atoms with Gasteiger partial charge in [-0.1, -0.05) is 104 Å². The molecule has 0 bridgehead atoms. The summed E-state index contributed by atoms with van der Waals surface area (Å²) >= 11 is 0. The molecule has 0 spiro atoms. The molecule has 1 amide bonds. The van der Waals surface area contributed by atoms with Crippen molar-refractivity contribution in [1.29, 1.82) is 0 Å². The highest BCUT2D eigenvalue weighted by Gasteiger charge is 2.26. The Morgan fingerprint density at radius 2 is 1.43 bits per heavy atom. The van der Waals surface area contributed by atoms with Gasteiger partial charge in [0.15, 0.2) is 5.78 Å². The Morgan fingerprint density at radius 1 is 0.783 bits per heavy atom. The number of hydrogen-bond donors (Lipinski definition) is 2. The van der Waals surface area contributed by atoms with Crippen LogP contribution in [0.2, 0.25) is 0 Å². The predicted octanol–water partition coefficient (Wildman–Crippen LogP) is 7.40. The number of carboxylic acid groups (broad SMARTS) is 1. The first-order valence-corrected chi connectivity index (χ1v) is 16.2. The standard InChI is InChI=1S/C39H42N2O5/c42-37(31-15-6-2-7-16-31)34-19-10-11-20-35(34)40-36(39(44)45)27-29-21-23-33(24-22-29)46-26-12-25-41(28-30-13-4-1-5-14-30)38(43)32-17-8-3-9-18-32/h1-2,4-7,10-11,13-16,19-24,32,36,40H,3,8-9,12,17-18,25-28H2,(H,44,45)/t36-/m0/s1. The monoisotopic (exact) mass is 618 g/mol. The van der Waals surface area contributed by atoms with Crippen molar-refractivity contribution in [2.75, 3.05) is 18.5 Å². The summed E-state index contributed by atoms with van der Waals surface area (Å²) in [4.78, 5) is 40.7. The molecule has 4 aromatic rings. The van der Waals surface area contributed by atoms with Gasteiger partial charge in [0, 0.05) is 42.2 Å². The van der Waals surface area contributed by atoms with E-state index in [-0.39, 0.29) is 24.0 Å². The topological polar surface area (TPSA) is 95.9 Å². The summed E-state index contributed by atoms with van der Waals surface area (Å²) in [7, 11) is 0. The summed E-state index contributed by atoms with van der Waals surface area (Å²) < 4.78 is 6.01. The Kier molecular flexibility index (Phi) is 11.6. The molecule has 0 aromatic heterocycles. The zero-order valence-corrected chi connectivity index (χ0v) is 26.1. The minimum Gasteiger partial charge on any atom is -0.494 e. The summed E-state index contributed by atoms with van der Waals surface area (Å²) in [5.74, 6) is -0.119. The zero-order valence-electron chi connectivity index (χ0n) is 26.1. The van der Waals surface area contributed by atoms with Crippen LogP contribution in [0.4, 0.5) is 5.69 Å². The molecule has 7 nitrogen and oxygen atoms in total. The van der Waals surface area contributed by atoms with Crippen molar-refractivity contribution in [2.45, 2.75) is 57.5 Å². The van der Waals surface area contributed by atoms with Gasteiger partial charge in [-0.05, 0) is 54.7 Å². The molecule has 7 heteroatoms. The zero-order chi connectivity index (χ0) is 32.1. The van der Waals surface area contributed by atoms with Crippen molar-refractivity contribution in [3.8, 4) is 5.75 Å². The second kappa shape index (κ2) is 16.4. The smallest absolute Gasteiger partial charge is 0.326 e. The number of carbonyl (C=O) groups excluding carboxylic acids is 2. The summed E-state index contributed by atoms with van der Waals surface area (Å²) in [5, 5.41) is 13.1. The molecule has 2 N–H and O–H groups in total. The molecule has 1 saturated carbocycles. The van der Waals surface area contributed by atoms with Gasteiger partial charge in [0.2, 0.25) is 5.91 Å². The predicted molar refractivity (Wildman–Crippen MR) is 180 cm³/mol. The van der Waals surface area contributed by atoms with Crippen molar-refractivity contribution < 1.29 is 24.2 Å². The minimum atomic E-state index is -1.01. The third-order valence-electron chi connectivity index (χ3n) is 8.52. The largest absolute Gasteiger partial charge is 0.494 e. The van der Waals surface area contributed by atoms with Gasteiger partial charge in [-0.3, -0.25) is 9.59 Å². The summed E-state index contributed by atoms with van der Waals surface area (Å²) in [6.45, 7) is 1.70. The van der Waals surface area contributed by atoms with E-state index in [0.717, 1.165) is 36.8 Å². The van der Waals surface area contributed by atoms with Crippen molar-refractivity contribution in [3.05, 3.63) is 131 Å². The van der Waals surface area contributed by atoms with E-state index in [1.807, 2.05) is 53.4 Å². The van der Waals surface area contributed by atoms with Gasteiger partial charge >= 0.3 is 5.97 Å². The van der Waals surface area contributed by atoms with E-state index >= 15 is 0 Å². The van der Waals surface area contributed by atoms with Crippen LogP contribution < -0.4 is 10.1 Å². The first kappa shape index (κ1) is 32.5. The van der Waals surface area contributed by atoms with Crippen LogP contribution in [0.15, 0.2) is 109 Å². The molecule has 0 unspecified atom stereocenters. The van der Waals surface area contributed by atoms with Gasteiger partial charge in [-0.15, -0.1) is 0 Å². The fourth-order valence-electron chi connectivity index (χ4n) is 6.02. The number of anilines is 1. The van der Waals surface area contributed by atoms with Crippen molar-refractivity contribution in [3.63, 3.8) is 0 Å². The molecule has 0 aliphatic heterocycles. The van der Waals surface area contributed by atoms with Crippen molar-refractivity contribution in [2.24, 2.45) is 5.92 Å². The van der Waals surface area contributed by atoms with Crippen LogP contribution >= 0.6 is 0 Å². The normalized spacial score (nSPS) is 13.8. The maximum Gasteiger partial charge on any atom is 0.326 e. The lowest BCUT2D eigenvalue weighted by Crippen LogP contribution is -2.37. The quantitative estimate of drug-likeness (QED) is 0.106. The number of hydrogen-bond acceptors (Lipinski definition) is 5. The fourth-order valence-corrected chi connectivity index (χ4v) is 6.02.